The first-order valence-electron chi connectivity index (χ1n) is 15.2. The first kappa shape index (κ1) is 22.1. The van der Waals surface area contributed by atoms with Crippen LogP contribution in [-0.2, 0) is 0 Å². The smallest absolute Gasteiger partial charge is 0.0629 e. The lowest BCUT2D eigenvalue weighted by Crippen LogP contribution is -2.11. The zero-order valence-corrected chi connectivity index (χ0v) is 22.9. The van der Waals surface area contributed by atoms with Gasteiger partial charge < -0.3 is 9.80 Å². The zero-order valence-electron chi connectivity index (χ0n) is 24.9. The van der Waals surface area contributed by atoms with E-state index < -0.39 is 0 Å². The van der Waals surface area contributed by atoms with E-state index in [4.69, 9.17) is 0 Å². The van der Waals surface area contributed by atoms with E-state index in [9.17, 15) is 2.74 Å². The van der Waals surface area contributed by atoms with Gasteiger partial charge in [-0.15, -0.1) is 0 Å². The summed E-state index contributed by atoms with van der Waals surface area (Å²) in [4.78, 5) is 4.49. The molecule has 2 nitrogen and oxygen atoms in total. The molecule has 0 N–H and O–H groups in total. The van der Waals surface area contributed by atoms with Gasteiger partial charge in [0.05, 0.1) is 14.1 Å². The fourth-order valence-electron chi connectivity index (χ4n) is 6.14. The van der Waals surface area contributed by atoms with E-state index in [0.717, 1.165) is 66.4 Å². The molecule has 0 aliphatic carbocycles. The molecule has 0 aromatic heterocycles. The summed E-state index contributed by atoms with van der Waals surface area (Å²) in [5, 5.41) is 5.69. The second-order valence-electron chi connectivity index (χ2n) is 10.4. The summed E-state index contributed by atoms with van der Waals surface area (Å²) >= 11 is 0. The predicted molar refractivity (Wildman–Crippen MR) is 180 cm³/mol. The van der Waals surface area contributed by atoms with E-state index >= 15 is 0 Å². The first-order chi connectivity index (χ1) is 21.7. The Morgan fingerprint density at radius 1 is 0.333 bits per heavy atom. The van der Waals surface area contributed by atoms with Crippen molar-refractivity contribution in [1.82, 2.24) is 0 Å². The number of benzene rings is 8. The van der Waals surface area contributed by atoms with E-state index in [1.807, 2.05) is 84.9 Å². The van der Waals surface area contributed by atoms with Gasteiger partial charge in [-0.25, -0.2) is 0 Å². The van der Waals surface area contributed by atoms with Crippen molar-refractivity contribution in [3.63, 3.8) is 0 Å². The average Bonchev–Trinajstić information content (AvgIpc) is 3.08. The highest BCUT2D eigenvalue weighted by molar-refractivity contribution is 6.28. The second kappa shape index (κ2) is 10.1. The molecule has 8 aromatic rings. The van der Waals surface area contributed by atoms with Gasteiger partial charge in [-0.1, -0.05) is 109 Å². The largest absolute Gasteiger partial charge is 0.310 e. The van der Waals surface area contributed by atoms with Crippen LogP contribution in [0.5, 0.6) is 0 Å². The van der Waals surface area contributed by atoms with Crippen LogP contribution in [0.4, 0.5) is 34.1 Å². The Morgan fingerprint density at radius 2 is 0.643 bits per heavy atom. The number of hydrogen-bond acceptors (Lipinski definition) is 2. The monoisotopic (exact) mass is 538 g/mol. The summed E-state index contributed by atoms with van der Waals surface area (Å²) in [5.41, 5.74) is 6.09. The fourth-order valence-corrected chi connectivity index (χ4v) is 6.14. The number of anilines is 6. The van der Waals surface area contributed by atoms with E-state index in [-0.39, 0.29) is 0 Å². The summed E-state index contributed by atoms with van der Waals surface area (Å²) in [6, 6.07) is 54.6. The van der Waals surface area contributed by atoms with Gasteiger partial charge in [-0.2, -0.15) is 0 Å². The van der Waals surface area contributed by atoms with Gasteiger partial charge in [-0.3, -0.25) is 0 Å². The van der Waals surface area contributed by atoms with Crippen molar-refractivity contribution in [3.05, 3.63) is 170 Å². The zero-order chi connectivity index (χ0) is 29.6. The van der Waals surface area contributed by atoms with Crippen LogP contribution in [0.25, 0.3) is 32.3 Å². The molecule has 0 aliphatic rings. The molecule has 0 heterocycles. The fraction of sp³-hybridized carbons (Fsp3) is 0. The Hall–Kier alpha value is -5.60. The minimum atomic E-state index is 0.465. The third-order valence-electron chi connectivity index (χ3n) is 7.98. The van der Waals surface area contributed by atoms with Crippen LogP contribution in [0.2, 0.25) is 0 Å². The molecule has 0 fully saturated rings. The van der Waals surface area contributed by atoms with Crippen molar-refractivity contribution in [3.8, 4) is 0 Å². The van der Waals surface area contributed by atoms with Gasteiger partial charge in [0.25, 0.3) is 0 Å². The van der Waals surface area contributed by atoms with Crippen molar-refractivity contribution in [2.24, 2.45) is 0 Å². The Kier molecular flexibility index (Phi) is 5.32. The Bertz CT molecular complexity index is 1990. The molecule has 0 radical (unpaired) electrons. The lowest BCUT2D eigenvalue weighted by Gasteiger charge is -2.29. The van der Waals surface area contributed by atoms with Gasteiger partial charge in [0, 0.05) is 33.5 Å². The molecule has 0 unspecified atom stereocenters. The highest BCUT2D eigenvalue weighted by Gasteiger charge is 2.21. The SMILES string of the molecule is [2H]c1cc2c(N(c3ccccc3)c3ccccc3)ccc3c([2H])cc4c(N(c5ccccc5)c5ccccc5)ccc1c4c32. The molecule has 2 heteroatoms. The molecular formula is C40H28N2. The highest BCUT2D eigenvalue weighted by atomic mass is 15.1. The Balaban J connectivity index is 1.47. The van der Waals surface area contributed by atoms with E-state index in [1.54, 1.807) is 0 Å². The van der Waals surface area contributed by atoms with Crippen molar-refractivity contribution < 1.29 is 2.74 Å². The molecule has 8 rings (SSSR count). The predicted octanol–water partition coefficient (Wildman–Crippen LogP) is 11.5. The average molecular weight is 539 g/mol. The summed E-state index contributed by atoms with van der Waals surface area (Å²) in [6.07, 6.45) is 0. The van der Waals surface area contributed by atoms with Gasteiger partial charge in [0.15, 0.2) is 0 Å². The number of nitrogens with zero attached hydrogens (tertiary/aromatic N) is 2. The van der Waals surface area contributed by atoms with Crippen LogP contribution < -0.4 is 9.80 Å². The Morgan fingerprint density at radius 3 is 0.952 bits per heavy atom. The quantitative estimate of drug-likeness (QED) is 0.194. The number of rotatable bonds is 6. The minimum Gasteiger partial charge on any atom is -0.310 e. The summed E-state index contributed by atoms with van der Waals surface area (Å²) in [6.45, 7) is 0. The second-order valence-corrected chi connectivity index (χ2v) is 10.4. The molecule has 0 amide bonds. The lowest BCUT2D eigenvalue weighted by molar-refractivity contribution is 1.30. The Labute approximate surface area is 248 Å². The van der Waals surface area contributed by atoms with Crippen molar-refractivity contribution in [2.75, 3.05) is 9.80 Å². The molecule has 0 saturated heterocycles. The highest BCUT2D eigenvalue weighted by Crippen LogP contribution is 2.47. The third kappa shape index (κ3) is 3.96. The van der Waals surface area contributed by atoms with Gasteiger partial charge >= 0.3 is 0 Å². The van der Waals surface area contributed by atoms with E-state index in [1.165, 1.54) is 0 Å². The number of para-hydroxylation sites is 4. The molecule has 0 spiro atoms. The molecule has 0 bridgehead atoms. The summed E-state index contributed by atoms with van der Waals surface area (Å²) < 4.78 is 18.5. The maximum atomic E-state index is 9.24. The summed E-state index contributed by atoms with van der Waals surface area (Å²) in [7, 11) is 0. The van der Waals surface area contributed by atoms with Gasteiger partial charge in [0.1, 0.15) is 0 Å². The third-order valence-corrected chi connectivity index (χ3v) is 7.98. The maximum absolute atomic E-state index is 9.24. The topological polar surface area (TPSA) is 6.48 Å². The van der Waals surface area contributed by atoms with E-state index in [2.05, 4.69) is 82.6 Å². The van der Waals surface area contributed by atoms with Crippen LogP contribution in [0, 0.1) is 0 Å². The maximum Gasteiger partial charge on any atom is 0.0629 e. The van der Waals surface area contributed by atoms with Crippen LogP contribution in [-0.4, -0.2) is 0 Å². The molecule has 0 aliphatic heterocycles. The van der Waals surface area contributed by atoms with Crippen LogP contribution in [0.3, 0.4) is 0 Å². The van der Waals surface area contributed by atoms with Crippen molar-refractivity contribution in [2.45, 2.75) is 0 Å². The van der Waals surface area contributed by atoms with Crippen LogP contribution in [0.15, 0.2) is 170 Å². The van der Waals surface area contributed by atoms with Crippen molar-refractivity contribution in [1.29, 1.82) is 0 Å². The lowest BCUT2D eigenvalue weighted by atomic mass is 9.91. The van der Waals surface area contributed by atoms with Gasteiger partial charge in [0.2, 0.25) is 0 Å². The van der Waals surface area contributed by atoms with E-state index in [0.29, 0.717) is 12.1 Å². The molecule has 0 saturated carbocycles. The first-order valence-corrected chi connectivity index (χ1v) is 14.2. The molecule has 8 aromatic carbocycles. The summed E-state index contributed by atoms with van der Waals surface area (Å²) in [5.74, 6) is 0. The standard InChI is InChI=1S/C40H28N2/c1-5-13-31(14-6-1)41(32-15-7-2-8-16-32)37-27-23-29-22-26-36-38(28-24-30-21-25-35(37)39(29)40(30)36)42(33-17-9-3-10-18-33)34-19-11-4-12-20-34/h1-28H/i21D,22D. The molecule has 42 heavy (non-hydrogen) atoms. The van der Waals surface area contributed by atoms with Crippen LogP contribution in [0.1, 0.15) is 2.74 Å². The molecule has 198 valence electrons. The van der Waals surface area contributed by atoms with Crippen molar-refractivity contribution >= 4 is 66.4 Å². The van der Waals surface area contributed by atoms with Gasteiger partial charge in [-0.05, 0) is 82.2 Å². The minimum absolute atomic E-state index is 0.465. The normalized spacial score (nSPS) is 12.0. The van der Waals surface area contributed by atoms with Crippen LogP contribution >= 0.6 is 0 Å². The number of hydrogen-bond donors (Lipinski definition) is 0. The molecule has 0 atom stereocenters. The molecular weight excluding hydrogens is 508 g/mol.